The number of anilines is 1. The van der Waals surface area contributed by atoms with Crippen molar-refractivity contribution in [1.82, 2.24) is 4.98 Å². The molecule has 1 aromatic rings. The van der Waals surface area contributed by atoms with Gasteiger partial charge in [0.1, 0.15) is 0 Å². The molecule has 5 heteroatoms. The van der Waals surface area contributed by atoms with E-state index in [-0.39, 0.29) is 5.91 Å². The van der Waals surface area contributed by atoms with Gasteiger partial charge in [0.05, 0.1) is 10.4 Å². The quantitative estimate of drug-likeness (QED) is 0.497. The van der Waals surface area contributed by atoms with Gasteiger partial charge in [-0.1, -0.05) is 42.2 Å². The van der Waals surface area contributed by atoms with Crippen LogP contribution in [-0.4, -0.2) is 17.1 Å². The van der Waals surface area contributed by atoms with E-state index in [1.54, 1.807) is 42.3 Å². The SMILES string of the molecule is C=CC=CC=CC(=O)Nc1ncc(SC)s1. The second-order valence-corrected chi connectivity index (χ2v) is 4.79. The summed E-state index contributed by atoms with van der Waals surface area (Å²) in [5, 5.41) is 3.30. The van der Waals surface area contributed by atoms with Crippen molar-refractivity contribution >= 4 is 34.1 Å². The van der Waals surface area contributed by atoms with Gasteiger partial charge in [-0.05, 0) is 6.26 Å². The second-order valence-electron chi connectivity index (χ2n) is 2.66. The number of amides is 1. The van der Waals surface area contributed by atoms with Gasteiger partial charge in [0, 0.05) is 6.08 Å². The van der Waals surface area contributed by atoms with Crippen LogP contribution in [0.2, 0.25) is 0 Å². The summed E-state index contributed by atoms with van der Waals surface area (Å²) in [6.45, 7) is 3.53. The summed E-state index contributed by atoms with van der Waals surface area (Å²) in [5.41, 5.74) is 0. The normalized spacial score (nSPS) is 11.1. The van der Waals surface area contributed by atoms with E-state index in [1.807, 2.05) is 6.26 Å². The highest BCUT2D eigenvalue weighted by Crippen LogP contribution is 2.25. The topological polar surface area (TPSA) is 42.0 Å². The molecule has 0 atom stereocenters. The largest absolute Gasteiger partial charge is 0.298 e. The van der Waals surface area contributed by atoms with Crippen LogP contribution in [0.4, 0.5) is 5.13 Å². The van der Waals surface area contributed by atoms with Gasteiger partial charge in [-0.25, -0.2) is 4.98 Å². The van der Waals surface area contributed by atoms with Crippen LogP contribution in [0.3, 0.4) is 0 Å². The minimum atomic E-state index is -0.185. The molecule has 84 valence electrons. The fourth-order valence-corrected chi connectivity index (χ4v) is 2.13. The fourth-order valence-electron chi connectivity index (χ4n) is 0.844. The molecular weight excluding hydrogens is 240 g/mol. The van der Waals surface area contributed by atoms with Gasteiger partial charge in [0.2, 0.25) is 5.91 Å². The molecule has 0 saturated heterocycles. The van der Waals surface area contributed by atoms with Gasteiger partial charge in [-0.2, -0.15) is 0 Å². The number of aromatic nitrogens is 1. The summed E-state index contributed by atoms with van der Waals surface area (Å²) >= 11 is 3.06. The van der Waals surface area contributed by atoms with Gasteiger partial charge in [0.15, 0.2) is 5.13 Å². The highest BCUT2D eigenvalue weighted by molar-refractivity contribution is 8.00. The summed E-state index contributed by atoms with van der Waals surface area (Å²) in [6.07, 6.45) is 11.9. The van der Waals surface area contributed by atoms with Crippen molar-refractivity contribution in [2.24, 2.45) is 0 Å². The first-order chi connectivity index (χ1) is 7.76. The van der Waals surface area contributed by atoms with Crippen LogP contribution in [0.1, 0.15) is 0 Å². The molecule has 0 aliphatic carbocycles. The van der Waals surface area contributed by atoms with Crippen molar-refractivity contribution in [3.05, 3.63) is 43.2 Å². The Morgan fingerprint density at radius 3 is 3.00 bits per heavy atom. The number of carbonyl (C=O) groups excluding carboxylic acids is 1. The van der Waals surface area contributed by atoms with E-state index in [0.717, 1.165) is 4.21 Å². The Morgan fingerprint density at radius 1 is 1.56 bits per heavy atom. The monoisotopic (exact) mass is 252 g/mol. The summed E-state index contributed by atoms with van der Waals surface area (Å²) in [5.74, 6) is -0.185. The molecule has 1 heterocycles. The molecule has 0 spiro atoms. The van der Waals surface area contributed by atoms with E-state index in [2.05, 4.69) is 16.9 Å². The number of hydrogen-bond donors (Lipinski definition) is 1. The van der Waals surface area contributed by atoms with Gasteiger partial charge in [-0.3, -0.25) is 10.1 Å². The van der Waals surface area contributed by atoms with Crippen molar-refractivity contribution < 1.29 is 4.79 Å². The molecule has 3 nitrogen and oxygen atoms in total. The number of allylic oxidation sites excluding steroid dienone is 4. The maximum Gasteiger partial charge on any atom is 0.250 e. The number of thiazole rings is 1. The standard InChI is InChI=1S/C11H12N2OS2/c1-3-4-5-6-7-9(14)13-11-12-8-10(15-2)16-11/h3-8H,1H2,2H3,(H,12,13,14). The number of thioether (sulfide) groups is 1. The fraction of sp³-hybridized carbons (Fsp3) is 0.0909. The first kappa shape index (κ1) is 12.7. The molecule has 0 aliphatic rings. The average Bonchev–Trinajstić information content (AvgIpc) is 2.72. The Kier molecular flexibility index (Phi) is 5.60. The Hall–Kier alpha value is -1.33. The summed E-state index contributed by atoms with van der Waals surface area (Å²) in [7, 11) is 0. The van der Waals surface area contributed by atoms with E-state index in [0.29, 0.717) is 5.13 Å². The second kappa shape index (κ2) is 7.03. The number of hydrogen-bond acceptors (Lipinski definition) is 4. The molecule has 0 unspecified atom stereocenters. The molecule has 1 aromatic heterocycles. The first-order valence-electron chi connectivity index (χ1n) is 4.53. The Bertz CT molecular complexity index is 421. The zero-order chi connectivity index (χ0) is 11.8. The van der Waals surface area contributed by atoms with Crippen LogP contribution >= 0.6 is 23.1 Å². The average molecular weight is 252 g/mol. The van der Waals surface area contributed by atoms with Crippen molar-refractivity contribution in [2.75, 3.05) is 11.6 Å². The van der Waals surface area contributed by atoms with Crippen molar-refractivity contribution in [1.29, 1.82) is 0 Å². The molecule has 0 fully saturated rings. The summed E-state index contributed by atoms with van der Waals surface area (Å²) in [4.78, 5) is 15.4. The third kappa shape index (κ3) is 4.46. The Morgan fingerprint density at radius 2 is 2.38 bits per heavy atom. The molecule has 0 radical (unpaired) electrons. The highest BCUT2D eigenvalue weighted by atomic mass is 32.2. The van der Waals surface area contributed by atoms with Crippen molar-refractivity contribution in [2.45, 2.75) is 4.21 Å². The highest BCUT2D eigenvalue weighted by Gasteiger charge is 2.02. The molecule has 16 heavy (non-hydrogen) atoms. The maximum absolute atomic E-state index is 11.4. The third-order valence-electron chi connectivity index (χ3n) is 1.52. The van der Waals surface area contributed by atoms with E-state index >= 15 is 0 Å². The zero-order valence-electron chi connectivity index (χ0n) is 8.84. The third-order valence-corrected chi connectivity index (χ3v) is 3.49. The van der Waals surface area contributed by atoms with E-state index in [1.165, 1.54) is 17.4 Å². The molecule has 0 aliphatic heterocycles. The minimum absolute atomic E-state index is 0.185. The molecule has 0 saturated carbocycles. The number of nitrogens with zero attached hydrogens (tertiary/aromatic N) is 1. The van der Waals surface area contributed by atoms with E-state index in [9.17, 15) is 4.79 Å². The van der Waals surface area contributed by atoms with Crippen molar-refractivity contribution in [3.8, 4) is 0 Å². The lowest BCUT2D eigenvalue weighted by molar-refractivity contribution is -0.111. The van der Waals surface area contributed by atoms with Gasteiger partial charge in [-0.15, -0.1) is 11.8 Å². The summed E-state index contributed by atoms with van der Waals surface area (Å²) in [6, 6.07) is 0. The molecule has 0 aromatic carbocycles. The maximum atomic E-state index is 11.4. The van der Waals surface area contributed by atoms with Crippen LogP contribution in [0.15, 0.2) is 47.4 Å². The lowest BCUT2D eigenvalue weighted by Gasteiger charge is -1.93. The number of nitrogens with one attached hydrogen (secondary N) is 1. The predicted octanol–water partition coefficient (Wildman–Crippen LogP) is 3.10. The van der Waals surface area contributed by atoms with Gasteiger partial charge in [0.25, 0.3) is 0 Å². The predicted molar refractivity (Wildman–Crippen MR) is 71.0 cm³/mol. The van der Waals surface area contributed by atoms with Gasteiger partial charge < -0.3 is 0 Å². The molecule has 1 rings (SSSR count). The molecule has 1 amide bonds. The smallest absolute Gasteiger partial charge is 0.250 e. The van der Waals surface area contributed by atoms with Crippen LogP contribution in [0, 0.1) is 0 Å². The lowest BCUT2D eigenvalue weighted by Crippen LogP contribution is -2.06. The van der Waals surface area contributed by atoms with Crippen LogP contribution in [-0.2, 0) is 4.79 Å². The summed E-state index contributed by atoms with van der Waals surface area (Å²) < 4.78 is 1.07. The number of carbonyl (C=O) groups is 1. The minimum Gasteiger partial charge on any atom is -0.298 e. The Balaban J connectivity index is 2.48. The number of rotatable bonds is 5. The van der Waals surface area contributed by atoms with Crippen LogP contribution in [0.25, 0.3) is 0 Å². The molecular formula is C11H12N2OS2. The molecule has 0 bridgehead atoms. The lowest BCUT2D eigenvalue weighted by atomic mass is 10.4. The molecule has 1 N–H and O–H groups in total. The zero-order valence-corrected chi connectivity index (χ0v) is 10.5. The van der Waals surface area contributed by atoms with Crippen molar-refractivity contribution in [3.63, 3.8) is 0 Å². The Labute approximate surface area is 103 Å². The van der Waals surface area contributed by atoms with Crippen LogP contribution in [0.5, 0.6) is 0 Å². The van der Waals surface area contributed by atoms with E-state index in [4.69, 9.17) is 0 Å². The van der Waals surface area contributed by atoms with E-state index < -0.39 is 0 Å². The van der Waals surface area contributed by atoms with Gasteiger partial charge >= 0.3 is 0 Å². The van der Waals surface area contributed by atoms with Crippen LogP contribution < -0.4 is 5.32 Å². The first-order valence-corrected chi connectivity index (χ1v) is 6.57.